The van der Waals surface area contributed by atoms with Gasteiger partial charge in [-0.3, -0.25) is 4.79 Å². The zero-order valence-electron chi connectivity index (χ0n) is 16.8. The van der Waals surface area contributed by atoms with Crippen molar-refractivity contribution in [3.05, 3.63) is 58.8 Å². The third-order valence-electron chi connectivity index (χ3n) is 5.47. The monoisotopic (exact) mass is 445 g/mol. The molecule has 3 aromatic rings. The summed E-state index contributed by atoms with van der Waals surface area (Å²) >= 11 is 1.17. The van der Waals surface area contributed by atoms with E-state index in [0.717, 1.165) is 24.1 Å². The molecular weight excluding hydrogens is 422 g/mol. The zero-order valence-corrected chi connectivity index (χ0v) is 18.4. The Hall–Kier alpha value is -2.56. The molecule has 0 aliphatic carbocycles. The summed E-state index contributed by atoms with van der Waals surface area (Å²) in [5.74, 6) is -0.296. The number of rotatable bonds is 6. The molecule has 1 aliphatic heterocycles. The molecule has 30 heavy (non-hydrogen) atoms. The van der Waals surface area contributed by atoms with E-state index in [9.17, 15) is 13.2 Å². The van der Waals surface area contributed by atoms with Crippen LogP contribution in [-0.4, -0.2) is 58.4 Å². The minimum absolute atomic E-state index is 0.111. The minimum atomic E-state index is -3.64. The molecule has 1 amide bonds. The second-order valence-electron chi connectivity index (χ2n) is 7.25. The van der Waals surface area contributed by atoms with Crippen LogP contribution in [0.15, 0.2) is 53.3 Å². The Labute approximate surface area is 179 Å². The van der Waals surface area contributed by atoms with Crippen molar-refractivity contribution in [2.45, 2.75) is 30.7 Å². The van der Waals surface area contributed by atoms with Gasteiger partial charge in [-0.15, -0.1) is 11.3 Å². The largest absolute Gasteiger partial charge is 0.334 e. The highest BCUT2D eigenvalue weighted by Gasteiger charge is 2.33. The van der Waals surface area contributed by atoms with Gasteiger partial charge in [0.2, 0.25) is 10.0 Å². The number of benzene rings is 1. The molecule has 0 N–H and O–H groups in total. The lowest BCUT2D eigenvalue weighted by Gasteiger charge is -2.26. The number of thiophene rings is 1. The summed E-state index contributed by atoms with van der Waals surface area (Å²) < 4.78 is 29.1. The third-order valence-corrected chi connectivity index (χ3v) is 8.44. The lowest BCUT2D eigenvalue weighted by molar-refractivity contribution is 0.0744. The topological polar surface area (TPSA) is 88.4 Å². The van der Waals surface area contributed by atoms with Crippen LogP contribution in [0.3, 0.4) is 0 Å². The highest BCUT2D eigenvalue weighted by atomic mass is 32.2. The second kappa shape index (κ2) is 8.29. The first kappa shape index (κ1) is 20.7. The maximum atomic E-state index is 13.2. The van der Waals surface area contributed by atoms with Crippen molar-refractivity contribution >= 4 is 27.3 Å². The SMILES string of the molecule is CC(c1ccc(-n2cncn2)cc1)N(C)C(=O)c1sccc1S(=O)(=O)N1CCCC1. The minimum Gasteiger partial charge on any atom is -0.334 e. The number of aromatic nitrogens is 3. The molecule has 1 aromatic carbocycles. The summed E-state index contributed by atoms with van der Waals surface area (Å²) in [6, 6.07) is 8.99. The van der Waals surface area contributed by atoms with Crippen molar-refractivity contribution in [2.75, 3.05) is 20.1 Å². The van der Waals surface area contributed by atoms with E-state index < -0.39 is 10.0 Å². The number of hydrogen-bond donors (Lipinski definition) is 0. The van der Waals surface area contributed by atoms with E-state index in [0.29, 0.717) is 13.1 Å². The standard InChI is InChI=1S/C20H23N5O3S2/c1-15(16-5-7-17(8-6-16)25-14-21-13-22-25)23(2)20(26)19-18(9-12-29-19)30(27,28)24-10-3-4-11-24/h5-9,12-15H,3-4,10-11H2,1-2H3. The summed E-state index contributed by atoms with van der Waals surface area (Å²) in [5.41, 5.74) is 1.81. The van der Waals surface area contributed by atoms with E-state index in [2.05, 4.69) is 10.1 Å². The number of sulfonamides is 1. The zero-order chi connectivity index (χ0) is 21.3. The second-order valence-corrected chi connectivity index (χ2v) is 10.1. The Kier molecular flexibility index (Phi) is 5.72. The first-order chi connectivity index (χ1) is 14.4. The van der Waals surface area contributed by atoms with Gasteiger partial charge < -0.3 is 4.90 Å². The van der Waals surface area contributed by atoms with Crippen LogP contribution in [-0.2, 0) is 10.0 Å². The third kappa shape index (κ3) is 3.78. The number of carbonyl (C=O) groups is 1. The molecule has 0 radical (unpaired) electrons. The van der Waals surface area contributed by atoms with Crippen molar-refractivity contribution < 1.29 is 13.2 Å². The van der Waals surface area contributed by atoms with Crippen molar-refractivity contribution in [1.29, 1.82) is 0 Å². The van der Waals surface area contributed by atoms with Crippen LogP contribution in [0.2, 0.25) is 0 Å². The fourth-order valence-corrected chi connectivity index (χ4v) is 6.43. The van der Waals surface area contributed by atoms with Gasteiger partial charge in [0, 0.05) is 20.1 Å². The average molecular weight is 446 g/mol. The van der Waals surface area contributed by atoms with Gasteiger partial charge in [0.15, 0.2) is 0 Å². The van der Waals surface area contributed by atoms with Crippen molar-refractivity contribution in [3.8, 4) is 5.69 Å². The Morgan fingerprint density at radius 2 is 1.87 bits per heavy atom. The molecule has 1 aliphatic rings. The van der Waals surface area contributed by atoms with Gasteiger partial charge in [0.1, 0.15) is 22.4 Å². The van der Waals surface area contributed by atoms with E-state index in [-0.39, 0.29) is 21.7 Å². The van der Waals surface area contributed by atoms with Gasteiger partial charge in [0.25, 0.3) is 5.91 Å². The quantitative estimate of drug-likeness (QED) is 0.582. The molecule has 3 heterocycles. The number of hydrogen-bond acceptors (Lipinski definition) is 6. The Bertz CT molecular complexity index is 1120. The van der Waals surface area contributed by atoms with Gasteiger partial charge in [-0.2, -0.15) is 9.40 Å². The fraction of sp³-hybridized carbons (Fsp3) is 0.350. The highest BCUT2D eigenvalue weighted by molar-refractivity contribution is 7.89. The summed E-state index contributed by atoms with van der Waals surface area (Å²) in [6.45, 7) is 2.94. The number of amides is 1. The van der Waals surface area contributed by atoms with Gasteiger partial charge in [-0.25, -0.2) is 18.1 Å². The molecule has 1 saturated heterocycles. The first-order valence-corrected chi connectivity index (χ1v) is 12.0. The number of nitrogens with zero attached hydrogens (tertiary/aromatic N) is 5. The van der Waals surface area contributed by atoms with Crippen LogP contribution in [0.5, 0.6) is 0 Å². The Balaban J connectivity index is 1.55. The Morgan fingerprint density at radius 3 is 2.50 bits per heavy atom. The Morgan fingerprint density at radius 1 is 1.17 bits per heavy atom. The summed E-state index contributed by atoms with van der Waals surface area (Å²) in [5, 5.41) is 5.77. The van der Waals surface area contributed by atoms with Crippen molar-refractivity contribution in [1.82, 2.24) is 24.0 Å². The molecule has 1 atom stereocenters. The van der Waals surface area contributed by atoms with Crippen LogP contribution in [0.4, 0.5) is 0 Å². The lowest BCUT2D eigenvalue weighted by atomic mass is 10.1. The fourth-order valence-electron chi connectivity index (χ4n) is 3.53. The maximum absolute atomic E-state index is 13.2. The van der Waals surface area contributed by atoms with Crippen LogP contribution >= 0.6 is 11.3 Å². The number of carbonyl (C=O) groups excluding carboxylic acids is 1. The van der Waals surface area contributed by atoms with Gasteiger partial charge in [0.05, 0.1) is 11.7 Å². The summed E-state index contributed by atoms with van der Waals surface area (Å²) in [7, 11) is -1.95. The predicted octanol–water partition coefficient (Wildman–Crippen LogP) is 2.95. The van der Waals surface area contributed by atoms with Crippen molar-refractivity contribution in [2.24, 2.45) is 0 Å². The molecule has 158 valence electrons. The molecule has 2 aromatic heterocycles. The molecule has 4 rings (SSSR count). The van der Waals surface area contributed by atoms with Gasteiger partial charge in [-0.1, -0.05) is 12.1 Å². The maximum Gasteiger partial charge on any atom is 0.265 e. The molecule has 0 spiro atoms. The van der Waals surface area contributed by atoms with Gasteiger partial charge >= 0.3 is 0 Å². The molecular formula is C20H23N5O3S2. The van der Waals surface area contributed by atoms with Crippen LogP contribution in [0.25, 0.3) is 5.69 Å². The first-order valence-electron chi connectivity index (χ1n) is 9.69. The van der Waals surface area contributed by atoms with Crippen LogP contribution in [0, 0.1) is 0 Å². The van der Waals surface area contributed by atoms with E-state index in [1.807, 2.05) is 31.2 Å². The van der Waals surface area contributed by atoms with E-state index in [1.165, 1.54) is 28.0 Å². The highest BCUT2D eigenvalue weighted by Crippen LogP contribution is 2.30. The predicted molar refractivity (Wildman–Crippen MR) is 114 cm³/mol. The van der Waals surface area contributed by atoms with Crippen LogP contribution < -0.4 is 0 Å². The normalized spacial score (nSPS) is 15.9. The van der Waals surface area contributed by atoms with Gasteiger partial charge in [-0.05, 0) is 48.9 Å². The van der Waals surface area contributed by atoms with E-state index in [4.69, 9.17) is 0 Å². The molecule has 1 fully saturated rings. The van der Waals surface area contributed by atoms with Crippen LogP contribution in [0.1, 0.15) is 41.0 Å². The van der Waals surface area contributed by atoms with E-state index >= 15 is 0 Å². The smallest absolute Gasteiger partial charge is 0.265 e. The van der Waals surface area contributed by atoms with E-state index in [1.54, 1.807) is 28.3 Å². The van der Waals surface area contributed by atoms with Crippen molar-refractivity contribution in [3.63, 3.8) is 0 Å². The molecule has 0 bridgehead atoms. The lowest BCUT2D eigenvalue weighted by Crippen LogP contribution is -2.32. The molecule has 1 unspecified atom stereocenters. The summed E-state index contributed by atoms with van der Waals surface area (Å²) in [4.78, 5) is 19.1. The molecule has 8 nitrogen and oxygen atoms in total. The molecule has 10 heteroatoms. The summed E-state index contributed by atoms with van der Waals surface area (Å²) in [6.07, 6.45) is 4.80. The molecule has 0 saturated carbocycles. The average Bonchev–Trinajstić information content (AvgIpc) is 3.53.